The van der Waals surface area contributed by atoms with Gasteiger partial charge in [0.05, 0.1) is 17.7 Å². The number of nitrogens with one attached hydrogen (secondary N) is 1. The number of carbonyl (C=O) groups is 1. The Balaban J connectivity index is 2.02. The summed E-state index contributed by atoms with van der Waals surface area (Å²) in [7, 11) is 0. The van der Waals surface area contributed by atoms with Crippen LogP contribution in [0, 0.1) is 10.1 Å². The first-order valence-corrected chi connectivity index (χ1v) is 6.17. The van der Waals surface area contributed by atoms with Gasteiger partial charge in [0.25, 0.3) is 0 Å². The molecule has 0 fully saturated rings. The lowest BCUT2D eigenvalue weighted by molar-refractivity contribution is -0.383. The van der Waals surface area contributed by atoms with E-state index in [0.717, 1.165) is 0 Å². The minimum Gasteiger partial charge on any atom is -0.476 e. The number of halogens is 1. The molecule has 0 aliphatic rings. The summed E-state index contributed by atoms with van der Waals surface area (Å²) in [6.07, 6.45) is 1.27. The Morgan fingerprint density at radius 3 is 2.90 bits per heavy atom. The minimum atomic E-state index is -1.17. The molecule has 0 aliphatic heterocycles. The molecule has 1 heterocycles. The van der Waals surface area contributed by atoms with E-state index >= 15 is 0 Å². The summed E-state index contributed by atoms with van der Waals surface area (Å²) < 4.78 is 1.33. The number of carboxylic acids is 1. The van der Waals surface area contributed by atoms with E-state index in [2.05, 4.69) is 15.6 Å². The molecule has 0 amide bonds. The van der Waals surface area contributed by atoms with Crippen molar-refractivity contribution >= 4 is 28.9 Å². The number of aromatic nitrogens is 3. The highest BCUT2D eigenvalue weighted by Gasteiger charge is 2.17. The van der Waals surface area contributed by atoms with E-state index in [0.29, 0.717) is 13.1 Å². The summed E-state index contributed by atoms with van der Waals surface area (Å²) in [4.78, 5) is 21.0. The number of para-hydroxylation sites is 1. The van der Waals surface area contributed by atoms with Gasteiger partial charge in [0.15, 0.2) is 5.69 Å². The van der Waals surface area contributed by atoms with Crippen molar-refractivity contribution in [2.45, 2.75) is 6.54 Å². The zero-order chi connectivity index (χ0) is 15.4. The van der Waals surface area contributed by atoms with Crippen molar-refractivity contribution in [2.24, 2.45) is 0 Å². The molecule has 0 bridgehead atoms. The Morgan fingerprint density at radius 1 is 1.52 bits per heavy atom. The average molecular weight is 312 g/mol. The van der Waals surface area contributed by atoms with Crippen LogP contribution in [-0.4, -0.2) is 37.5 Å². The second kappa shape index (κ2) is 6.18. The molecular formula is C11H10ClN5O4. The third kappa shape index (κ3) is 3.45. The molecule has 1 aromatic carbocycles. The Labute approximate surface area is 123 Å². The number of hydrogen-bond donors (Lipinski definition) is 2. The van der Waals surface area contributed by atoms with Crippen molar-refractivity contribution in [3.8, 4) is 0 Å². The smallest absolute Gasteiger partial charge is 0.358 e. The van der Waals surface area contributed by atoms with Crippen molar-refractivity contribution in [2.75, 3.05) is 11.9 Å². The Bertz CT molecular complexity index is 687. The lowest BCUT2D eigenvalue weighted by Crippen LogP contribution is -2.12. The van der Waals surface area contributed by atoms with Gasteiger partial charge in [-0.1, -0.05) is 22.9 Å². The molecule has 1 aromatic heterocycles. The molecule has 0 unspecified atom stereocenters. The third-order valence-electron chi connectivity index (χ3n) is 2.58. The fourth-order valence-electron chi connectivity index (χ4n) is 1.65. The van der Waals surface area contributed by atoms with Crippen molar-refractivity contribution in [3.05, 3.63) is 45.2 Å². The van der Waals surface area contributed by atoms with Gasteiger partial charge in [-0.3, -0.25) is 10.1 Å². The number of nitrogens with zero attached hydrogens (tertiary/aromatic N) is 4. The molecular weight excluding hydrogens is 302 g/mol. The summed E-state index contributed by atoms with van der Waals surface area (Å²) in [5.41, 5.74) is -0.0845. The van der Waals surface area contributed by atoms with E-state index in [1.54, 1.807) is 6.07 Å². The average Bonchev–Trinajstić information content (AvgIpc) is 2.87. The summed E-state index contributed by atoms with van der Waals surface area (Å²) in [6.45, 7) is 0.591. The highest BCUT2D eigenvalue weighted by Crippen LogP contribution is 2.31. The van der Waals surface area contributed by atoms with Gasteiger partial charge in [-0.05, 0) is 12.1 Å². The maximum atomic E-state index is 10.9. The van der Waals surface area contributed by atoms with Gasteiger partial charge in [0, 0.05) is 6.54 Å². The molecule has 2 N–H and O–H groups in total. The van der Waals surface area contributed by atoms with Crippen LogP contribution in [0.4, 0.5) is 11.4 Å². The molecule has 0 atom stereocenters. The van der Waals surface area contributed by atoms with Gasteiger partial charge in [-0.15, -0.1) is 5.10 Å². The molecule has 9 nitrogen and oxygen atoms in total. The lowest BCUT2D eigenvalue weighted by atomic mass is 10.2. The van der Waals surface area contributed by atoms with Gasteiger partial charge in [0.2, 0.25) is 0 Å². The number of anilines is 1. The highest BCUT2D eigenvalue weighted by atomic mass is 35.5. The predicted molar refractivity (Wildman–Crippen MR) is 73.6 cm³/mol. The Morgan fingerprint density at radius 2 is 2.29 bits per heavy atom. The van der Waals surface area contributed by atoms with Crippen LogP contribution in [0.15, 0.2) is 24.4 Å². The number of benzene rings is 1. The van der Waals surface area contributed by atoms with Crippen LogP contribution < -0.4 is 5.32 Å². The Hall–Kier alpha value is -2.68. The summed E-state index contributed by atoms with van der Waals surface area (Å²) in [5.74, 6) is -1.17. The monoisotopic (exact) mass is 311 g/mol. The molecule has 0 aliphatic carbocycles. The van der Waals surface area contributed by atoms with Crippen molar-refractivity contribution in [1.82, 2.24) is 15.0 Å². The molecule has 2 rings (SSSR count). The summed E-state index contributed by atoms with van der Waals surface area (Å²) >= 11 is 5.78. The molecule has 0 saturated carbocycles. The molecule has 21 heavy (non-hydrogen) atoms. The zero-order valence-corrected chi connectivity index (χ0v) is 11.3. The lowest BCUT2D eigenvalue weighted by Gasteiger charge is -2.07. The van der Waals surface area contributed by atoms with Crippen LogP contribution in [0.1, 0.15) is 10.5 Å². The predicted octanol–water partition coefficient (Wildman–Crippen LogP) is 1.65. The van der Waals surface area contributed by atoms with E-state index in [9.17, 15) is 14.9 Å². The SMILES string of the molecule is O=C(O)c1cn(CCNc2cccc(Cl)c2[N+](=O)[O-])nn1. The molecule has 10 heteroatoms. The highest BCUT2D eigenvalue weighted by molar-refractivity contribution is 6.33. The molecule has 2 aromatic rings. The van der Waals surface area contributed by atoms with Crippen LogP contribution in [0.25, 0.3) is 0 Å². The third-order valence-corrected chi connectivity index (χ3v) is 2.89. The van der Waals surface area contributed by atoms with Gasteiger partial charge in [-0.25, -0.2) is 9.48 Å². The van der Waals surface area contributed by atoms with Gasteiger partial charge in [0.1, 0.15) is 10.7 Å². The second-order valence-corrected chi connectivity index (χ2v) is 4.40. The van der Waals surface area contributed by atoms with E-state index in [4.69, 9.17) is 16.7 Å². The van der Waals surface area contributed by atoms with E-state index < -0.39 is 10.9 Å². The number of carboxylic acid groups (broad SMARTS) is 1. The van der Waals surface area contributed by atoms with E-state index in [-0.39, 0.29) is 22.1 Å². The number of nitro groups is 1. The standard InChI is InChI=1S/C11H10ClN5O4/c12-7-2-1-3-8(10(7)17(20)21)13-4-5-16-6-9(11(18)19)14-15-16/h1-3,6,13H,4-5H2,(H,18,19). The first-order valence-electron chi connectivity index (χ1n) is 5.79. The quantitative estimate of drug-likeness (QED) is 0.614. The molecule has 0 radical (unpaired) electrons. The largest absolute Gasteiger partial charge is 0.476 e. The van der Waals surface area contributed by atoms with Crippen LogP contribution >= 0.6 is 11.6 Å². The van der Waals surface area contributed by atoms with Crippen LogP contribution in [0.3, 0.4) is 0 Å². The topological polar surface area (TPSA) is 123 Å². The van der Waals surface area contributed by atoms with Gasteiger partial charge in [-0.2, -0.15) is 0 Å². The molecule has 0 saturated heterocycles. The first-order chi connectivity index (χ1) is 9.99. The Kier molecular flexibility index (Phi) is 4.33. The van der Waals surface area contributed by atoms with E-state index in [1.807, 2.05) is 0 Å². The van der Waals surface area contributed by atoms with Crippen LogP contribution in [0.2, 0.25) is 5.02 Å². The van der Waals surface area contributed by atoms with Gasteiger partial charge >= 0.3 is 11.7 Å². The normalized spacial score (nSPS) is 10.3. The number of nitro benzene ring substituents is 1. The second-order valence-electron chi connectivity index (χ2n) is 3.99. The first kappa shape index (κ1) is 14.7. The number of aromatic carboxylic acids is 1. The fraction of sp³-hybridized carbons (Fsp3) is 0.182. The van der Waals surface area contributed by atoms with Gasteiger partial charge < -0.3 is 10.4 Å². The number of hydrogen-bond acceptors (Lipinski definition) is 6. The maximum absolute atomic E-state index is 10.9. The van der Waals surface area contributed by atoms with Crippen LogP contribution in [0.5, 0.6) is 0 Å². The van der Waals surface area contributed by atoms with Crippen molar-refractivity contribution < 1.29 is 14.8 Å². The van der Waals surface area contributed by atoms with Crippen LogP contribution in [-0.2, 0) is 6.54 Å². The summed E-state index contributed by atoms with van der Waals surface area (Å²) in [5, 5.41) is 29.6. The minimum absolute atomic E-state index is 0.0407. The molecule has 0 spiro atoms. The summed E-state index contributed by atoms with van der Waals surface area (Å²) in [6, 6.07) is 4.56. The maximum Gasteiger partial charge on any atom is 0.358 e. The number of rotatable bonds is 6. The fourth-order valence-corrected chi connectivity index (χ4v) is 1.90. The zero-order valence-electron chi connectivity index (χ0n) is 10.6. The van der Waals surface area contributed by atoms with Crippen molar-refractivity contribution in [1.29, 1.82) is 0 Å². The van der Waals surface area contributed by atoms with Crippen molar-refractivity contribution in [3.63, 3.8) is 0 Å². The molecule has 110 valence electrons. The van der Waals surface area contributed by atoms with E-state index in [1.165, 1.54) is 23.0 Å².